The van der Waals surface area contributed by atoms with Crippen molar-refractivity contribution in [1.29, 1.82) is 0 Å². The minimum Gasteiger partial charge on any atom is -0.333 e. The Labute approximate surface area is 161 Å². The van der Waals surface area contributed by atoms with Crippen LogP contribution in [0.25, 0.3) is 0 Å². The number of hydrogen-bond donors (Lipinski definition) is 1. The molecular formula is C17H21BrClN3OS. The molecule has 1 atom stereocenters. The van der Waals surface area contributed by atoms with Crippen molar-refractivity contribution in [3.8, 4) is 0 Å². The molecule has 7 heteroatoms. The molecule has 1 fully saturated rings. The number of aryl methyl sites for hydroxylation is 1. The van der Waals surface area contributed by atoms with E-state index in [4.69, 9.17) is 0 Å². The number of thiophene rings is 1. The highest BCUT2D eigenvalue weighted by molar-refractivity contribution is 9.11. The summed E-state index contributed by atoms with van der Waals surface area (Å²) in [6.45, 7) is 2.43. The number of hydrogen-bond acceptors (Lipinski definition) is 4. The predicted molar refractivity (Wildman–Crippen MR) is 104 cm³/mol. The molecule has 3 rings (SSSR count). The third kappa shape index (κ3) is 5.02. The van der Waals surface area contributed by atoms with Gasteiger partial charge >= 0.3 is 0 Å². The van der Waals surface area contributed by atoms with Crippen LogP contribution in [-0.4, -0.2) is 35.4 Å². The highest BCUT2D eigenvalue weighted by Gasteiger charge is 2.27. The number of amides is 1. The van der Waals surface area contributed by atoms with Gasteiger partial charge in [0, 0.05) is 43.3 Å². The van der Waals surface area contributed by atoms with E-state index in [0.29, 0.717) is 6.42 Å². The fourth-order valence-electron chi connectivity index (χ4n) is 2.92. The molecule has 2 aromatic heterocycles. The van der Waals surface area contributed by atoms with Crippen LogP contribution < -0.4 is 5.32 Å². The van der Waals surface area contributed by atoms with Crippen molar-refractivity contribution in [1.82, 2.24) is 15.2 Å². The van der Waals surface area contributed by atoms with Gasteiger partial charge in [-0.3, -0.25) is 9.78 Å². The summed E-state index contributed by atoms with van der Waals surface area (Å²) in [6.07, 6.45) is 6.10. The fourth-order valence-corrected chi connectivity index (χ4v) is 4.44. The molecule has 0 saturated carbocycles. The largest absolute Gasteiger partial charge is 0.333 e. The van der Waals surface area contributed by atoms with Gasteiger partial charge in [0.2, 0.25) is 5.91 Å². The summed E-state index contributed by atoms with van der Waals surface area (Å²) >= 11 is 5.23. The van der Waals surface area contributed by atoms with Crippen molar-refractivity contribution >= 4 is 45.6 Å². The normalized spacial score (nSPS) is 17.4. The molecule has 1 aliphatic rings. The van der Waals surface area contributed by atoms with Crippen molar-refractivity contribution in [3.05, 3.63) is 50.9 Å². The Kier molecular flexibility index (Phi) is 7.68. The Hall–Kier alpha value is -0.950. The molecule has 1 amide bonds. The number of nitrogens with zero attached hydrogens (tertiary/aromatic N) is 2. The number of pyridine rings is 1. The molecule has 0 aliphatic carbocycles. The second kappa shape index (κ2) is 9.51. The van der Waals surface area contributed by atoms with Gasteiger partial charge in [-0.15, -0.1) is 23.7 Å². The molecule has 0 radical (unpaired) electrons. The lowest BCUT2D eigenvalue weighted by Crippen LogP contribution is -2.48. The van der Waals surface area contributed by atoms with Crippen molar-refractivity contribution in [2.24, 2.45) is 0 Å². The quantitative estimate of drug-likeness (QED) is 0.784. The van der Waals surface area contributed by atoms with Gasteiger partial charge in [0.15, 0.2) is 0 Å². The molecular weight excluding hydrogens is 410 g/mol. The van der Waals surface area contributed by atoms with E-state index in [9.17, 15) is 4.79 Å². The van der Waals surface area contributed by atoms with Crippen LogP contribution >= 0.6 is 39.7 Å². The van der Waals surface area contributed by atoms with E-state index in [1.807, 2.05) is 23.2 Å². The topological polar surface area (TPSA) is 45.2 Å². The highest BCUT2D eigenvalue weighted by atomic mass is 79.9. The molecule has 4 nitrogen and oxygen atoms in total. The average molecular weight is 431 g/mol. The molecule has 1 N–H and O–H groups in total. The predicted octanol–water partition coefficient (Wildman–Crippen LogP) is 3.82. The van der Waals surface area contributed by atoms with E-state index in [0.717, 1.165) is 41.8 Å². The number of piperazine rings is 1. The van der Waals surface area contributed by atoms with Crippen molar-refractivity contribution in [2.75, 3.05) is 19.6 Å². The Bertz CT molecular complexity index is 652. The summed E-state index contributed by atoms with van der Waals surface area (Å²) in [4.78, 5) is 20.2. The molecule has 1 saturated heterocycles. The van der Waals surface area contributed by atoms with Gasteiger partial charge < -0.3 is 10.2 Å². The molecule has 2 aromatic rings. The number of aromatic nitrogens is 1. The van der Waals surface area contributed by atoms with Gasteiger partial charge in [-0.25, -0.2) is 0 Å². The lowest BCUT2D eigenvalue weighted by atomic mass is 10.0. The first-order valence-corrected chi connectivity index (χ1v) is 9.49. The highest BCUT2D eigenvalue weighted by Crippen LogP contribution is 2.25. The molecule has 3 heterocycles. The third-order valence-electron chi connectivity index (χ3n) is 4.08. The number of rotatable bonds is 5. The average Bonchev–Trinajstić information content (AvgIpc) is 3.01. The zero-order chi connectivity index (χ0) is 16.1. The van der Waals surface area contributed by atoms with Crippen LogP contribution in [0.4, 0.5) is 0 Å². The van der Waals surface area contributed by atoms with E-state index < -0.39 is 0 Å². The SMILES string of the molecule is Cl.O=C(CCCc1ccc(Br)s1)N1CCNCC1c1cccnc1. The number of nitrogens with one attached hydrogen (secondary N) is 1. The van der Waals surface area contributed by atoms with E-state index in [-0.39, 0.29) is 24.4 Å². The second-order valence-corrected chi connectivity index (χ2v) is 8.20. The Balaban J connectivity index is 0.00000208. The number of carbonyl (C=O) groups is 1. The minimum absolute atomic E-state index is 0. The lowest BCUT2D eigenvalue weighted by molar-refractivity contribution is -0.134. The molecule has 0 aromatic carbocycles. The molecule has 1 unspecified atom stereocenters. The minimum atomic E-state index is 0. The van der Waals surface area contributed by atoms with E-state index in [1.54, 1.807) is 17.5 Å². The smallest absolute Gasteiger partial charge is 0.223 e. The van der Waals surface area contributed by atoms with Gasteiger partial charge in [0.05, 0.1) is 9.83 Å². The van der Waals surface area contributed by atoms with E-state index in [2.05, 4.69) is 38.4 Å². The zero-order valence-corrected chi connectivity index (χ0v) is 16.5. The maximum atomic E-state index is 12.6. The van der Waals surface area contributed by atoms with E-state index in [1.165, 1.54) is 4.88 Å². The second-order valence-electron chi connectivity index (χ2n) is 5.65. The number of halogens is 2. The fraction of sp³-hybridized carbons (Fsp3) is 0.412. The first-order chi connectivity index (χ1) is 11.2. The summed E-state index contributed by atoms with van der Waals surface area (Å²) in [5.41, 5.74) is 1.11. The van der Waals surface area contributed by atoms with Crippen molar-refractivity contribution < 1.29 is 4.79 Å². The maximum Gasteiger partial charge on any atom is 0.223 e. The summed E-state index contributed by atoms with van der Waals surface area (Å²) in [5, 5.41) is 3.38. The Morgan fingerprint density at radius 1 is 1.42 bits per heavy atom. The monoisotopic (exact) mass is 429 g/mol. The van der Waals surface area contributed by atoms with Crippen LogP contribution in [0.2, 0.25) is 0 Å². The molecule has 24 heavy (non-hydrogen) atoms. The van der Waals surface area contributed by atoms with Gasteiger partial charge in [-0.05, 0) is 52.5 Å². The summed E-state index contributed by atoms with van der Waals surface area (Å²) in [5.74, 6) is 0.246. The van der Waals surface area contributed by atoms with Crippen LogP contribution in [0.5, 0.6) is 0 Å². The molecule has 0 spiro atoms. The van der Waals surface area contributed by atoms with Crippen molar-refractivity contribution in [3.63, 3.8) is 0 Å². The van der Waals surface area contributed by atoms with Gasteiger partial charge in [0.25, 0.3) is 0 Å². The van der Waals surface area contributed by atoms with E-state index >= 15 is 0 Å². The Morgan fingerprint density at radius 3 is 3.00 bits per heavy atom. The van der Waals surface area contributed by atoms with Crippen LogP contribution in [0, 0.1) is 0 Å². The van der Waals surface area contributed by atoms with Gasteiger partial charge in [0.1, 0.15) is 0 Å². The third-order valence-corrected chi connectivity index (χ3v) is 5.76. The van der Waals surface area contributed by atoms with Gasteiger partial charge in [-0.1, -0.05) is 6.07 Å². The maximum absolute atomic E-state index is 12.6. The first kappa shape index (κ1) is 19.4. The van der Waals surface area contributed by atoms with Gasteiger partial charge in [-0.2, -0.15) is 0 Å². The number of carbonyl (C=O) groups excluding carboxylic acids is 1. The first-order valence-electron chi connectivity index (χ1n) is 7.88. The zero-order valence-electron chi connectivity index (χ0n) is 13.3. The van der Waals surface area contributed by atoms with Crippen LogP contribution in [0.3, 0.4) is 0 Å². The summed E-state index contributed by atoms with van der Waals surface area (Å²) in [6, 6.07) is 8.27. The summed E-state index contributed by atoms with van der Waals surface area (Å²) < 4.78 is 1.15. The van der Waals surface area contributed by atoms with Crippen molar-refractivity contribution in [2.45, 2.75) is 25.3 Å². The summed E-state index contributed by atoms with van der Waals surface area (Å²) in [7, 11) is 0. The van der Waals surface area contributed by atoms with Crippen LogP contribution in [0.15, 0.2) is 40.4 Å². The molecule has 1 aliphatic heterocycles. The van der Waals surface area contributed by atoms with Crippen LogP contribution in [-0.2, 0) is 11.2 Å². The Morgan fingerprint density at radius 2 is 2.29 bits per heavy atom. The molecule has 130 valence electrons. The molecule has 0 bridgehead atoms. The lowest BCUT2D eigenvalue weighted by Gasteiger charge is -2.36. The van der Waals surface area contributed by atoms with Crippen LogP contribution in [0.1, 0.15) is 29.3 Å². The standard InChI is InChI=1S/C17H20BrN3OS.ClH/c18-16-7-6-14(23-16)4-1-5-17(22)21-10-9-20-12-15(21)13-3-2-8-19-11-13;/h2-3,6-8,11,15,20H,1,4-5,9-10,12H2;1H.